The van der Waals surface area contributed by atoms with Gasteiger partial charge < -0.3 is 4.74 Å². The fraction of sp³-hybridized carbons (Fsp3) is 0.538. The number of nitrogens with zero attached hydrogens (tertiary/aromatic N) is 1. The molecular formula is C13H16ClNO. The van der Waals surface area contributed by atoms with Crippen molar-refractivity contribution in [3.8, 4) is 0 Å². The van der Waals surface area contributed by atoms with E-state index in [0.29, 0.717) is 6.04 Å². The molecule has 86 valence electrons. The molecule has 2 saturated heterocycles. The lowest BCUT2D eigenvalue weighted by atomic mass is 10.0. The summed E-state index contributed by atoms with van der Waals surface area (Å²) in [4.78, 5) is 2.49. The fourth-order valence-electron chi connectivity index (χ4n) is 2.72. The molecule has 0 amide bonds. The fourth-order valence-corrected chi connectivity index (χ4v) is 2.85. The van der Waals surface area contributed by atoms with E-state index in [0.717, 1.165) is 18.2 Å². The van der Waals surface area contributed by atoms with Gasteiger partial charge in [-0.2, -0.15) is 0 Å². The minimum atomic E-state index is 0.155. The molecule has 0 bridgehead atoms. The van der Waals surface area contributed by atoms with E-state index >= 15 is 0 Å². The predicted molar refractivity (Wildman–Crippen MR) is 64.5 cm³/mol. The Morgan fingerprint density at radius 1 is 1.19 bits per heavy atom. The Hall–Kier alpha value is -0.570. The van der Waals surface area contributed by atoms with Crippen LogP contribution in [-0.2, 0) is 4.74 Å². The van der Waals surface area contributed by atoms with Gasteiger partial charge in [-0.05, 0) is 30.5 Å². The van der Waals surface area contributed by atoms with Crippen molar-refractivity contribution in [2.24, 2.45) is 0 Å². The molecule has 2 aliphatic heterocycles. The zero-order chi connectivity index (χ0) is 11.0. The highest BCUT2D eigenvalue weighted by molar-refractivity contribution is 6.30. The number of hydrogen-bond donors (Lipinski definition) is 0. The predicted octanol–water partition coefficient (Wildman–Crippen LogP) is 3.22. The summed E-state index contributed by atoms with van der Waals surface area (Å²) in [6, 6.07) is 8.66. The first-order chi connectivity index (χ1) is 7.84. The van der Waals surface area contributed by atoms with Crippen LogP contribution in [0.1, 0.15) is 31.1 Å². The molecule has 16 heavy (non-hydrogen) atoms. The Bertz CT molecular complexity index is 365. The van der Waals surface area contributed by atoms with Crippen molar-refractivity contribution in [2.45, 2.75) is 31.5 Å². The summed E-state index contributed by atoms with van der Waals surface area (Å²) >= 11 is 5.90. The summed E-state index contributed by atoms with van der Waals surface area (Å²) in [5.74, 6) is 0. The first-order valence-corrected chi connectivity index (χ1v) is 6.35. The molecule has 2 heterocycles. The van der Waals surface area contributed by atoms with Gasteiger partial charge in [0.25, 0.3) is 0 Å². The summed E-state index contributed by atoms with van der Waals surface area (Å²) in [7, 11) is 0. The maximum absolute atomic E-state index is 5.91. The van der Waals surface area contributed by atoms with Crippen LogP contribution in [0.4, 0.5) is 0 Å². The maximum Gasteiger partial charge on any atom is 0.137 e. The normalized spacial score (nSPS) is 30.3. The minimum absolute atomic E-state index is 0.155. The van der Waals surface area contributed by atoms with Crippen LogP contribution in [0.2, 0.25) is 5.02 Å². The van der Waals surface area contributed by atoms with E-state index < -0.39 is 0 Å². The van der Waals surface area contributed by atoms with Gasteiger partial charge in [-0.1, -0.05) is 30.2 Å². The molecule has 3 heteroatoms. The molecule has 0 radical (unpaired) electrons. The van der Waals surface area contributed by atoms with Crippen molar-refractivity contribution in [1.82, 2.24) is 4.90 Å². The van der Waals surface area contributed by atoms with E-state index in [9.17, 15) is 0 Å². The Morgan fingerprint density at radius 2 is 2.00 bits per heavy atom. The second-order valence-corrected chi connectivity index (χ2v) is 5.06. The molecule has 2 aliphatic rings. The first kappa shape index (κ1) is 10.6. The van der Waals surface area contributed by atoms with Crippen molar-refractivity contribution in [1.29, 1.82) is 0 Å². The van der Waals surface area contributed by atoms with Crippen molar-refractivity contribution < 1.29 is 4.74 Å². The zero-order valence-corrected chi connectivity index (χ0v) is 9.99. The van der Waals surface area contributed by atoms with E-state index in [1.807, 2.05) is 12.1 Å². The van der Waals surface area contributed by atoms with Gasteiger partial charge in [0, 0.05) is 17.6 Å². The second kappa shape index (κ2) is 4.36. The van der Waals surface area contributed by atoms with Crippen LogP contribution < -0.4 is 0 Å². The average molecular weight is 238 g/mol. The van der Waals surface area contributed by atoms with Crippen LogP contribution in [0.3, 0.4) is 0 Å². The number of hydrogen-bond acceptors (Lipinski definition) is 2. The summed E-state index contributed by atoms with van der Waals surface area (Å²) in [5.41, 5.74) is 1.23. The van der Waals surface area contributed by atoms with Crippen molar-refractivity contribution in [3.05, 3.63) is 34.9 Å². The largest absolute Gasteiger partial charge is 0.357 e. The van der Waals surface area contributed by atoms with Gasteiger partial charge >= 0.3 is 0 Å². The molecule has 3 rings (SSSR count). The summed E-state index contributed by atoms with van der Waals surface area (Å²) < 4.78 is 5.91. The molecule has 2 nitrogen and oxygen atoms in total. The topological polar surface area (TPSA) is 12.5 Å². The highest BCUT2D eigenvalue weighted by atomic mass is 35.5. The van der Waals surface area contributed by atoms with Crippen LogP contribution in [0.15, 0.2) is 24.3 Å². The lowest BCUT2D eigenvalue weighted by Gasteiger charge is -2.31. The Morgan fingerprint density at radius 3 is 2.81 bits per heavy atom. The van der Waals surface area contributed by atoms with E-state index in [-0.39, 0.29) is 6.23 Å². The highest BCUT2D eigenvalue weighted by Crippen LogP contribution is 2.35. The third-order valence-electron chi connectivity index (χ3n) is 3.58. The van der Waals surface area contributed by atoms with Crippen molar-refractivity contribution in [3.63, 3.8) is 0 Å². The first-order valence-electron chi connectivity index (χ1n) is 5.97. The zero-order valence-electron chi connectivity index (χ0n) is 9.23. The minimum Gasteiger partial charge on any atom is -0.357 e. The van der Waals surface area contributed by atoms with E-state index in [4.69, 9.17) is 16.3 Å². The van der Waals surface area contributed by atoms with Crippen LogP contribution >= 0.6 is 11.6 Å². The second-order valence-electron chi connectivity index (χ2n) is 4.62. The Labute approximate surface area is 101 Å². The molecule has 0 spiro atoms. The molecule has 1 aromatic rings. The van der Waals surface area contributed by atoms with Crippen LogP contribution in [-0.4, -0.2) is 24.1 Å². The molecule has 0 aromatic heterocycles. The standard InChI is InChI=1S/C13H16ClNO/c14-11-6-4-10(5-7-11)13-15-8-2-1-3-12(15)9-16-13/h4-7,12-13H,1-3,8-9H2. The van der Waals surface area contributed by atoms with E-state index in [1.165, 1.54) is 24.8 Å². The van der Waals surface area contributed by atoms with Crippen LogP contribution in [0.25, 0.3) is 0 Å². The summed E-state index contributed by atoms with van der Waals surface area (Å²) in [5, 5.41) is 0.789. The van der Waals surface area contributed by atoms with Gasteiger partial charge in [-0.25, -0.2) is 0 Å². The number of halogens is 1. The lowest BCUT2D eigenvalue weighted by Crippen LogP contribution is -2.36. The van der Waals surface area contributed by atoms with Crippen molar-refractivity contribution >= 4 is 11.6 Å². The quantitative estimate of drug-likeness (QED) is 0.744. The monoisotopic (exact) mass is 237 g/mol. The van der Waals surface area contributed by atoms with Crippen LogP contribution in [0, 0.1) is 0 Å². The van der Waals surface area contributed by atoms with E-state index in [2.05, 4.69) is 17.0 Å². The molecule has 2 atom stereocenters. The van der Waals surface area contributed by atoms with Crippen LogP contribution in [0.5, 0.6) is 0 Å². The summed E-state index contributed by atoms with van der Waals surface area (Å²) in [6.07, 6.45) is 4.08. The summed E-state index contributed by atoms with van der Waals surface area (Å²) in [6.45, 7) is 2.05. The Kier molecular flexibility index (Phi) is 2.88. The number of piperidine rings is 1. The smallest absolute Gasteiger partial charge is 0.137 e. The van der Waals surface area contributed by atoms with Gasteiger partial charge in [0.05, 0.1) is 6.61 Å². The van der Waals surface area contributed by atoms with Gasteiger partial charge in [-0.15, -0.1) is 0 Å². The molecule has 1 aromatic carbocycles. The Balaban J connectivity index is 1.82. The van der Waals surface area contributed by atoms with Crippen molar-refractivity contribution in [2.75, 3.05) is 13.2 Å². The molecule has 0 saturated carbocycles. The number of benzene rings is 1. The van der Waals surface area contributed by atoms with Gasteiger partial charge in [0.15, 0.2) is 0 Å². The number of ether oxygens (including phenoxy) is 1. The highest BCUT2D eigenvalue weighted by Gasteiger charge is 2.36. The maximum atomic E-state index is 5.91. The number of fused-ring (bicyclic) bond motifs is 1. The molecule has 2 unspecified atom stereocenters. The van der Waals surface area contributed by atoms with Gasteiger partial charge in [0.1, 0.15) is 6.23 Å². The third-order valence-corrected chi connectivity index (χ3v) is 3.83. The molecular weight excluding hydrogens is 222 g/mol. The molecule has 0 N–H and O–H groups in total. The van der Waals surface area contributed by atoms with Gasteiger partial charge in [0.2, 0.25) is 0 Å². The lowest BCUT2D eigenvalue weighted by molar-refractivity contribution is 0.0232. The SMILES string of the molecule is Clc1ccc(C2OCC3CCCCN32)cc1. The molecule has 2 fully saturated rings. The number of rotatable bonds is 1. The van der Waals surface area contributed by atoms with Gasteiger partial charge in [-0.3, -0.25) is 4.90 Å². The average Bonchev–Trinajstić information content (AvgIpc) is 2.74. The third kappa shape index (κ3) is 1.86. The van der Waals surface area contributed by atoms with E-state index in [1.54, 1.807) is 0 Å². The molecule has 0 aliphatic carbocycles.